The van der Waals surface area contributed by atoms with Crippen LogP contribution in [0, 0.1) is 5.82 Å². The van der Waals surface area contributed by atoms with Gasteiger partial charge in [0.25, 0.3) is 6.33 Å². The highest BCUT2D eigenvalue weighted by Gasteiger charge is 2.08. The maximum absolute atomic E-state index is 12.9. The number of nitrogens with zero attached hydrogens (tertiary/aromatic N) is 2. The molecule has 0 radical (unpaired) electrons. The summed E-state index contributed by atoms with van der Waals surface area (Å²) < 4.78 is 19.4. The third kappa shape index (κ3) is 2.80. The molecule has 18 heavy (non-hydrogen) atoms. The molecule has 7 heteroatoms. The highest BCUT2D eigenvalue weighted by atomic mass is 79.9. The van der Waals surface area contributed by atoms with E-state index in [0.29, 0.717) is 10.2 Å². The first kappa shape index (κ1) is 12.4. The van der Waals surface area contributed by atoms with Gasteiger partial charge in [-0.25, -0.2) is 4.39 Å². The Kier molecular flexibility index (Phi) is 3.52. The number of aromatic nitrogens is 2. The van der Waals surface area contributed by atoms with Crippen LogP contribution in [-0.4, -0.2) is 11.1 Å². The Labute approximate surface area is 110 Å². The van der Waals surface area contributed by atoms with Crippen LogP contribution in [0.15, 0.2) is 41.4 Å². The van der Waals surface area contributed by atoms with Crippen LogP contribution in [0.5, 0.6) is 11.5 Å². The molecule has 1 heterocycles. The second-order valence-electron chi connectivity index (χ2n) is 3.28. The van der Waals surface area contributed by atoms with Gasteiger partial charge in [0.15, 0.2) is 6.20 Å². The van der Waals surface area contributed by atoms with Gasteiger partial charge in [-0.3, -0.25) is 0 Å². The van der Waals surface area contributed by atoms with Crippen molar-refractivity contribution >= 4 is 22.0 Å². The fourth-order valence-electron chi connectivity index (χ4n) is 1.22. The monoisotopic (exact) mass is 312 g/mol. The van der Waals surface area contributed by atoms with Gasteiger partial charge >= 0.3 is 0 Å². The Morgan fingerprint density at radius 2 is 2.28 bits per heavy atom. The second-order valence-corrected chi connectivity index (χ2v) is 4.13. The number of hydrogen-bond donors (Lipinski definition) is 0. The number of carbonyl (C=O) groups is 1. The van der Waals surface area contributed by atoms with Gasteiger partial charge in [0.1, 0.15) is 17.8 Å². The van der Waals surface area contributed by atoms with Crippen LogP contribution in [0.3, 0.4) is 0 Å². The van der Waals surface area contributed by atoms with Crippen molar-refractivity contribution < 1.29 is 23.6 Å². The summed E-state index contributed by atoms with van der Waals surface area (Å²) in [5, 5.41) is 10.6. The molecule has 0 bridgehead atoms. The molecule has 2 aromatic rings. The summed E-state index contributed by atoms with van der Waals surface area (Å²) >= 11 is 3.13. The first-order valence-electron chi connectivity index (χ1n) is 4.77. The van der Waals surface area contributed by atoms with E-state index in [1.165, 1.54) is 30.6 Å². The summed E-state index contributed by atoms with van der Waals surface area (Å²) in [6.07, 6.45) is 2.17. The average molecular weight is 313 g/mol. The zero-order valence-corrected chi connectivity index (χ0v) is 10.4. The molecule has 0 aliphatic rings. The average Bonchev–Trinajstić information content (AvgIpc) is 2.33. The maximum atomic E-state index is 12.9. The highest BCUT2D eigenvalue weighted by molar-refractivity contribution is 9.10. The lowest BCUT2D eigenvalue weighted by atomic mass is 10.3. The lowest BCUT2D eigenvalue weighted by molar-refractivity contribution is -0.633. The summed E-state index contributed by atoms with van der Waals surface area (Å²) in [6, 6.07) is 3.87. The number of hydrogen-bond acceptors (Lipinski definition) is 4. The molecule has 2 rings (SSSR count). The summed E-state index contributed by atoms with van der Waals surface area (Å²) in [5.41, 5.74) is 0. The number of ether oxygens (including phenoxy) is 1. The number of carbonyl (C=O) groups excluding carboxylic acids is 1. The second kappa shape index (κ2) is 5.09. The standard InChI is InChI=1S/C11H6BrFN2O3/c12-9-3-7(13)1-2-10(9)18-8-4-14-6-15(5-8)11(16)17/h1-6H. The van der Waals surface area contributed by atoms with Crippen molar-refractivity contribution in [3.8, 4) is 11.5 Å². The Bertz CT molecular complexity index is 607. The maximum Gasteiger partial charge on any atom is 0.292 e. The molecule has 0 saturated carbocycles. The Balaban J connectivity index is 2.28. The van der Waals surface area contributed by atoms with Crippen molar-refractivity contribution in [2.45, 2.75) is 0 Å². The molecule has 0 saturated heterocycles. The number of benzene rings is 1. The molecule has 92 valence electrons. The Morgan fingerprint density at radius 1 is 1.50 bits per heavy atom. The predicted octanol–water partition coefficient (Wildman–Crippen LogP) is 1.25. The van der Waals surface area contributed by atoms with Crippen LogP contribution in [0.2, 0.25) is 0 Å². The van der Waals surface area contributed by atoms with Crippen molar-refractivity contribution in [3.63, 3.8) is 0 Å². The molecular weight excluding hydrogens is 307 g/mol. The van der Waals surface area contributed by atoms with Gasteiger partial charge in [0.2, 0.25) is 11.8 Å². The Morgan fingerprint density at radius 3 is 2.94 bits per heavy atom. The molecule has 0 amide bonds. The quantitative estimate of drug-likeness (QED) is 0.783. The van der Waals surface area contributed by atoms with Gasteiger partial charge < -0.3 is 14.6 Å². The van der Waals surface area contributed by atoms with Gasteiger partial charge in [-0.05, 0) is 34.1 Å². The summed E-state index contributed by atoms with van der Waals surface area (Å²) in [5.74, 6) is 0.119. The van der Waals surface area contributed by atoms with Gasteiger partial charge in [-0.1, -0.05) is 4.98 Å². The van der Waals surface area contributed by atoms with Gasteiger partial charge in [-0.15, -0.1) is 0 Å². The zero-order valence-electron chi connectivity index (χ0n) is 8.84. The number of carboxylic acid groups (broad SMARTS) is 1. The van der Waals surface area contributed by atoms with E-state index >= 15 is 0 Å². The van der Waals surface area contributed by atoms with Crippen LogP contribution in [-0.2, 0) is 0 Å². The van der Waals surface area contributed by atoms with Crippen LogP contribution in [0.25, 0.3) is 0 Å². The predicted molar refractivity (Wildman–Crippen MR) is 59.4 cm³/mol. The molecule has 0 aliphatic carbocycles. The molecule has 0 atom stereocenters. The number of rotatable bonds is 2. The number of halogens is 2. The third-order valence-electron chi connectivity index (χ3n) is 1.99. The molecule has 1 aromatic carbocycles. The first-order chi connectivity index (χ1) is 8.56. The van der Waals surface area contributed by atoms with Crippen molar-refractivity contribution in [3.05, 3.63) is 47.2 Å². The first-order valence-corrected chi connectivity index (χ1v) is 5.56. The van der Waals surface area contributed by atoms with E-state index in [-0.39, 0.29) is 5.75 Å². The van der Waals surface area contributed by atoms with E-state index < -0.39 is 11.9 Å². The van der Waals surface area contributed by atoms with Crippen molar-refractivity contribution in [2.24, 2.45) is 0 Å². The molecule has 1 aromatic heterocycles. The van der Waals surface area contributed by atoms with Crippen LogP contribution in [0.4, 0.5) is 9.18 Å². The van der Waals surface area contributed by atoms with E-state index in [1.54, 1.807) is 0 Å². The topological polar surface area (TPSA) is 66.1 Å². The lowest BCUT2D eigenvalue weighted by Crippen LogP contribution is -2.51. The minimum Gasteiger partial charge on any atom is -0.510 e. The Hall–Kier alpha value is -2.02. The SMILES string of the molecule is O=C([O-])[n+]1cncc(Oc2ccc(F)cc2Br)c1. The van der Waals surface area contributed by atoms with Gasteiger partial charge in [0, 0.05) is 0 Å². The van der Waals surface area contributed by atoms with Gasteiger partial charge in [-0.2, -0.15) is 4.57 Å². The van der Waals surface area contributed by atoms with Crippen molar-refractivity contribution in [1.82, 2.24) is 4.98 Å². The molecular formula is C11H6BrFN2O3. The largest absolute Gasteiger partial charge is 0.510 e. The molecule has 5 nitrogen and oxygen atoms in total. The lowest BCUT2D eigenvalue weighted by Gasteiger charge is -2.06. The molecule has 0 aliphatic heterocycles. The van der Waals surface area contributed by atoms with E-state index in [1.807, 2.05) is 0 Å². The van der Waals surface area contributed by atoms with Crippen molar-refractivity contribution in [1.29, 1.82) is 0 Å². The van der Waals surface area contributed by atoms with E-state index in [0.717, 1.165) is 10.9 Å². The van der Waals surface area contributed by atoms with E-state index in [9.17, 15) is 14.3 Å². The highest BCUT2D eigenvalue weighted by Crippen LogP contribution is 2.29. The smallest absolute Gasteiger partial charge is 0.292 e. The zero-order chi connectivity index (χ0) is 13.1. The normalized spacial score (nSPS) is 10.1. The minimum atomic E-state index is -1.42. The van der Waals surface area contributed by atoms with Crippen molar-refractivity contribution in [2.75, 3.05) is 0 Å². The molecule has 0 N–H and O–H groups in total. The minimum absolute atomic E-state index is 0.189. The summed E-state index contributed by atoms with van der Waals surface area (Å²) in [4.78, 5) is 14.3. The summed E-state index contributed by atoms with van der Waals surface area (Å²) in [6.45, 7) is 0. The van der Waals surface area contributed by atoms with Gasteiger partial charge in [0.05, 0.1) is 4.47 Å². The molecule has 0 unspecified atom stereocenters. The van der Waals surface area contributed by atoms with E-state index in [2.05, 4.69) is 20.9 Å². The molecule has 0 spiro atoms. The fourth-order valence-corrected chi connectivity index (χ4v) is 1.65. The fraction of sp³-hybridized carbons (Fsp3) is 0. The summed E-state index contributed by atoms with van der Waals surface area (Å²) in [7, 11) is 0. The third-order valence-corrected chi connectivity index (χ3v) is 2.61. The van der Waals surface area contributed by atoms with Crippen LogP contribution >= 0.6 is 15.9 Å². The van der Waals surface area contributed by atoms with Crippen LogP contribution < -0.4 is 14.4 Å². The van der Waals surface area contributed by atoms with E-state index in [4.69, 9.17) is 4.74 Å². The molecule has 0 fully saturated rings. The van der Waals surface area contributed by atoms with Crippen LogP contribution in [0.1, 0.15) is 0 Å².